The predicted molar refractivity (Wildman–Crippen MR) is 98.7 cm³/mol. The van der Waals surface area contributed by atoms with Gasteiger partial charge in [-0.05, 0) is 66.7 Å². The number of ketones is 1. The lowest BCUT2D eigenvalue weighted by atomic mass is 9.65. The number of fused-ring (bicyclic) bond motifs is 3. The summed E-state index contributed by atoms with van der Waals surface area (Å²) in [6, 6.07) is 6.81. The van der Waals surface area contributed by atoms with Gasteiger partial charge in [0.15, 0.2) is 5.78 Å². The standard InChI is InChI=1S/C21H30N2O/c1-20(2)10-17-11-21(3,13-20)14-23(17)12-19(24)16-6-7-18-15(9-16)5-4-8-22-18/h6-7,9,17,22H,4-5,8,10-14H2,1-3H3. The average molecular weight is 326 g/mol. The molecule has 3 aliphatic rings. The molecule has 2 bridgehead atoms. The smallest absolute Gasteiger partial charge is 0.176 e. The van der Waals surface area contributed by atoms with Crippen molar-refractivity contribution >= 4 is 11.5 Å². The number of benzene rings is 1. The molecular formula is C21H30N2O. The summed E-state index contributed by atoms with van der Waals surface area (Å²) in [5, 5.41) is 3.42. The number of carbonyl (C=O) groups excluding carboxylic acids is 1. The van der Waals surface area contributed by atoms with E-state index in [1.807, 2.05) is 6.07 Å². The van der Waals surface area contributed by atoms with Gasteiger partial charge in [0.25, 0.3) is 0 Å². The molecule has 3 nitrogen and oxygen atoms in total. The second-order valence-corrected chi connectivity index (χ2v) is 9.44. The number of Topliss-reactive ketones (excluding diaryl/α,β-unsaturated/α-hetero) is 1. The van der Waals surface area contributed by atoms with E-state index in [9.17, 15) is 4.79 Å². The quantitative estimate of drug-likeness (QED) is 0.848. The van der Waals surface area contributed by atoms with Gasteiger partial charge in [-0.15, -0.1) is 0 Å². The van der Waals surface area contributed by atoms with E-state index >= 15 is 0 Å². The highest BCUT2D eigenvalue weighted by Gasteiger charge is 2.49. The lowest BCUT2D eigenvalue weighted by Crippen LogP contribution is -2.36. The highest BCUT2D eigenvalue weighted by atomic mass is 16.1. The van der Waals surface area contributed by atoms with Gasteiger partial charge in [0, 0.05) is 30.4 Å². The van der Waals surface area contributed by atoms with Crippen LogP contribution in [0.15, 0.2) is 18.2 Å². The van der Waals surface area contributed by atoms with Gasteiger partial charge in [-0.1, -0.05) is 20.8 Å². The molecule has 1 saturated carbocycles. The number of carbonyl (C=O) groups is 1. The van der Waals surface area contributed by atoms with Gasteiger partial charge in [0.2, 0.25) is 0 Å². The van der Waals surface area contributed by atoms with E-state index in [0.29, 0.717) is 23.4 Å². The lowest BCUT2D eigenvalue weighted by molar-refractivity contribution is 0.0900. The van der Waals surface area contributed by atoms with Gasteiger partial charge in [-0.25, -0.2) is 0 Å². The summed E-state index contributed by atoms with van der Waals surface area (Å²) >= 11 is 0. The van der Waals surface area contributed by atoms with Crippen LogP contribution in [0.2, 0.25) is 0 Å². The summed E-state index contributed by atoms with van der Waals surface area (Å²) in [5.74, 6) is 0.289. The molecule has 130 valence electrons. The predicted octanol–water partition coefficient (Wildman–Crippen LogP) is 4.13. The van der Waals surface area contributed by atoms with Crippen molar-refractivity contribution in [1.29, 1.82) is 0 Å². The fourth-order valence-electron chi connectivity index (χ4n) is 5.69. The molecule has 1 aliphatic carbocycles. The van der Waals surface area contributed by atoms with E-state index < -0.39 is 0 Å². The van der Waals surface area contributed by atoms with Crippen molar-refractivity contribution in [3.05, 3.63) is 29.3 Å². The maximum atomic E-state index is 12.9. The second-order valence-electron chi connectivity index (χ2n) is 9.44. The first-order chi connectivity index (χ1) is 11.3. The van der Waals surface area contributed by atoms with Gasteiger partial charge < -0.3 is 5.32 Å². The Morgan fingerprint density at radius 2 is 2.12 bits per heavy atom. The third kappa shape index (κ3) is 2.99. The fourth-order valence-corrected chi connectivity index (χ4v) is 5.69. The molecule has 2 aliphatic heterocycles. The summed E-state index contributed by atoms with van der Waals surface area (Å²) < 4.78 is 0. The maximum Gasteiger partial charge on any atom is 0.176 e. The second kappa shape index (κ2) is 5.59. The Bertz CT molecular complexity index is 666. The molecule has 2 unspecified atom stereocenters. The molecular weight excluding hydrogens is 296 g/mol. The Balaban J connectivity index is 1.49. The van der Waals surface area contributed by atoms with Crippen molar-refractivity contribution in [1.82, 2.24) is 4.90 Å². The summed E-state index contributed by atoms with van der Waals surface area (Å²) in [6.45, 7) is 9.90. The van der Waals surface area contributed by atoms with Gasteiger partial charge in [0.05, 0.1) is 6.54 Å². The molecule has 0 amide bonds. The van der Waals surface area contributed by atoms with Crippen LogP contribution in [0.25, 0.3) is 0 Å². The zero-order valence-corrected chi connectivity index (χ0v) is 15.3. The number of hydrogen-bond donors (Lipinski definition) is 1. The van der Waals surface area contributed by atoms with Crippen molar-refractivity contribution in [2.24, 2.45) is 10.8 Å². The molecule has 0 aromatic heterocycles. The van der Waals surface area contributed by atoms with Crippen LogP contribution < -0.4 is 5.32 Å². The molecule has 1 aromatic rings. The Hall–Kier alpha value is -1.35. The minimum Gasteiger partial charge on any atom is -0.385 e. The Morgan fingerprint density at radius 1 is 1.29 bits per heavy atom. The number of anilines is 1. The number of rotatable bonds is 3. The molecule has 4 rings (SSSR count). The molecule has 0 spiro atoms. The summed E-state index contributed by atoms with van der Waals surface area (Å²) in [5.41, 5.74) is 4.21. The normalized spacial score (nSPS) is 31.4. The molecule has 2 atom stereocenters. The van der Waals surface area contributed by atoms with Gasteiger partial charge in [-0.3, -0.25) is 9.69 Å². The highest BCUT2D eigenvalue weighted by molar-refractivity contribution is 5.98. The summed E-state index contributed by atoms with van der Waals surface area (Å²) in [6.07, 6.45) is 6.02. The van der Waals surface area contributed by atoms with Crippen LogP contribution in [0.1, 0.15) is 62.4 Å². The minimum atomic E-state index is 0.289. The summed E-state index contributed by atoms with van der Waals surface area (Å²) in [7, 11) is 0. The zero-order valence-electron chi connectivity index (χ0n) is 15.3. The fraction of sp³-hybridized carbons (Fsp3) is 0.667. The number of hydrogen-bond acceptors (Lipinski definition) is 3. The van der Waals surface area contributed by atoms with Crippen molar-refractivity contribution < 1.29 is 4.79 Å². The van der Waals surface area contributed by atoms with Gasteiger partial charge >= 0.3 is 0 Å². The monoisotopic (exact) mass is 326 g/mol. The topological polar surface area (TPSA) is 32.3 Å². The van der Waals surface area contributed by atoms with Crippen molar-refractivity contribution in [2.45, 2.75) is 58.9 Å². The van der Waals surface area contributed by atoms with E-state index in [1.165, 1.54) is 30.5 Å². The van der Waals surface area contributed by atoms with E-state index in [1.54, 1.807) is 0 Å². The van der Waals surface area contributed by atoms with Crippen LogP contribution in [0.3, 0.4) is 0 Å². The van der Waals surface area contributed by atoms with E-state index in [0.717, 1.165) is 31.5 Å². The molecule has 24 heavy (non-hydrogen) atoms. The minimum absolute atomic E-state index is 0.289. The van der Waals surface area contributed by atoms with Crippen LogP contribution in [0.5, 0.6) is 0 Å². The third-order valence-corrected chi connectivity index (χ3v) is 6.24. The van der Waals surface area contributed by atoms with E-state index in [-0.39, 0.29) is 5.78 Å². The first-order valence-corrected chi connectivity index (χ1v) is 9.48. The van der Waals surface area contributed by atoms with Crippen molar-refractivity contribution in [2.75, 3.05) is 25.0 Å². The number of likely N-dealkylation sites (tertiary alicyclic amines) is 1. The molecule has 2 heterocycles. The SMILES string of the molecule is CC1(C)CC2CC(C)(CN2CC(=O)c2ccc3c(c2)CCCN3)C1. The first-order valence-electron chi connectivity index (χ1n) is 9.48. The first kappa shape index (κ1) is 16.1. The largest absolute Gasteiger partial charge is 0.385 e. The number of nitrogens with zero attached hydrogens (tertiary/aromatic N) is 1. The van der Waals surface area contributed by atoms with Crippen LogP contribution in [0.4, 0.5) is 5.69 Å². The Kier molecular flexibility index (Phi) is 3.76. The molecule has 2 fully saturated rings. The number of nitrogens with one attached hydrogen (secondary N) is 1. The third-order valence-electron chi connectivity index (χ3n) is 6.24. The summed E-state index contributed by atoms with van der Waals surface area (Å²) in [4.78, 5) is 15.3. The van der Waals surface area contributed by atoms with Crippen LogP contribution >= 0.6 is 0 Å². The van der Waals surface area contributed by atoms with Gasteiger partial charge in [0.1, 0.15) is 0 Å². The van der Waals surface area contributed by atoms with Gasteiger partial charge in [-0.2, -0.15) is 0 Å². The molecule has 3 heteroatoms. The number of aryl methyl sites for hydroxylation is 1. The lowest BCUT2D eigenvalue weighted by Gasteiger charge is -2.39. The van der Waals surface area contributed by atoms with E-state index in [4.69, 9.17) is 0 Å². The average Bonchev–Trinajstić information content (AvgIpc) is 2.75. The van der Waals surface area contributed by atoms with Crippen LogP contribution in [0, 0.1) is 10.8 Å². The highest BCUT2D eigenvalue weighted by Crippen LogP contribution is 2.52. The maximum absolute atomic E-state index is 12.9. The van der Waals surface area contributed by atoms with Crippen molar-refractivity contribution in [3.63, 3.8) is 0 Å². The zero-order chi connectivity index (χ0) is 16.9. The Labute approximate surface area is 145 Å². The molecule has 1 saturated heterocycles. The Morgan fingerprint density at radius 3 is 2.96 bits per heavy atom. The van der Waals surface area contributed by atoms with Crippen molar-refractivity contribution in [3.8, 4) is 0 Å². The molecule has 1 N–H and O–H groups in total. The molecule has 0 radical (unpaired) electrons. The van der Waals surface area contributed by atoms with Crippen LogP contribution in [-0.2, 0) is 6.42 Å². The van der Waals surface area contributed by atoms with E-state index in [2.05, 4.69) is 43.1 Å². The molecule has 1 aromatic carbocycles. The van der Waals surface area contributed by atoms with Crippen LogP contribution in [-0.4, -0.2) is 36.4 Å².